The third-order valence-corrected chi connectivity index (χ3v) is 3.30. The van der Waals surface area contributed by atoms with Crippen LogP contribution in [0.4, 0.5) is 0 Å². The maximum absolute atomic E-state index is 5.71. The van der Waals surface area contributed by atoms with Gasteiger partial charge in [0.1, 0.15) is 0 Å². The standard InChI is InChI=1S/C9H17BO2.C4H8O.C3H6/c1-6-7-10-11-8(2,3)9(4,5)12-10;1-3-4-5-2;1-2-3-1/h6H,1,7H2,2-5H3;3H,1,4H2,2H3;1-3H2. The van der Waals surface area contributed by atoms with Gasteiger partial charge in [-0.1, -0.05) is 31.4 Å². The fraction of sp³-hybridized carbons (Fsp3) is 0.750. The normalized spacial score (nSPS) is 20.9. The van der Waals surface area contributed by atoms with Gasteiger partial charge in [-0.05, 0) is 27.7 Å². The molecule has 0 aromatic rings. The number of ether oxygens (including phenoxy) is 1. The van der Waals surface area contributed by atoms with Crippen LogP contribution in [-0.4, -0.2) is 32.0 Å². The van der Waals surface area contributed by atoms with Gasteiger partial charge in [0.05, 0.1) is 17.8 Å². The molecule has 0 radical (unpaired) electrons. The second-order valence-electron chi connectivity index (χ2n) is 6.01. The molecule has 20 heavy (non-hydrogen) atoms. The van der Waals surface area contributed by atoms with Crippen molar-refractivity contribution in [1.29, 1.82) is 0 Å². The zero-order valence-electron chi connectivity index (χ0n) is 13.9. The SMILES string of the molecule is C1CC1.C=CCB1OC(C)(C)C(C)(C)O1.C=CCOC. The van der Waals surface area contributed by atoms with Gasteiger partial charge in [-0.3, -0.25) is 0 Å². The first kappa shape index (κ1) is 19.4. The summed E-state index contributed by atoms with van der Waals surface area (Å²) in [4.78, 5) is 0. The number of methoxy groups -OCH3 is 1. The number of allylic oxidation sites excluding steroid dienone is 1. The van der Waals surface area contributed by atoms with Crippen LogP contribution in [-0.2, 0) is 14.0 Å². The molecule has 1 saturated heterocycles. The first-order chi connectivity index (χ1) is 9.30. The van der Waals surface area contributed by atoms with Gasteiger partial charge in [0.25, 0.3) is 0 Å². The molecule has 1 heterocycles. The molecule has 4 heteroatoms. The van der Waals surface area contributed by atoms with Gasteiger partial charge in [0, 0.05) is 13.4 Å². The van der Waals surface area contributed by atoms with E-state index in [4.69, 9.17) is 9.31 Å². The molecule has 0 unspecified atom stereocenters. The molecule has 1 aliphatic heterocycles. The Morgan fingerprint density at radius 1 is 1.00 bits per heavy atom. The molecule has 0 N–H and O–H groups in total. The summed E-state index contributed by atoms with van der Waals surface area (Å²) in [7, 11) is 1.52. The highest BCUT2D eigenvalue weighted by molar-refractivity contribution is 6.46. The Morgan fingerprint density at radius 3 is 1.65 bits per heavy atom. The maximum Gasteiger partial charge on any atom is 0.461 e. The topological polar surface area (TPSA) is 27.7 Å². The lowest BCUT2D eigenvalue weighted by molar-refractivity contribution is 0.00578. The lowest BCUT2D eigenvalue weighted by atomic mass is 9.85. The lowest BCUT2D eigenvalue weighted by Gasteiger charge is -2.32. The molecule has 0 bridgehead atoms. The van der Waals surface area contributed by atoms with E-state index in [0.717, 1.165) is 6.32 Å². The highest BCUT2D eigenvalue weighted by Crippen LogP contribution is 2.37. The van der Waals surface area contributed by atoms with Gasteiger partial charge in [0.15, 0.2) is 0 Å². The number of hydrogen-bond donors (Lipinski definition) is 0. The number of rotatable bonds is 4. The largest absolute Gasteiger partial charge is 0.461 e. The summed E-state index contributed by atoms with van der Waals surface area (Å²) in [5, 5.41) is 0. The minimum atomic E-state index is -0.208. The average Bonchev–Trinajstić information content (AvgIpc) is 3.14. The summed E-state index contributed by atoms with van der Waals surface area (Å²) < 4.78 is 16.0. The van der Waals surface area contributed by atoms with E-state index in [0.29, 0.717) is 6.61 Å². The molecule has 116 valence electrons. The Labute approximate surface area is 125 Å². The van der Waals surface area contributed by atoms with E-state index in [-0.39, 0.29) is 18.3 Å². The second-order valence-corrected chi connectivity index (χ2v) is 6.01. The highest BCUT2D eigenvalue weighted by atomic mass is 16.7. The summed E-state index contributed by atoms with van der Waals surface area (Å²) in [5.41, 5.74) is -0.415. The van der Waals surface area contributed by atoms with Gasteiger partial charge in [0.2, 0.25) is 0 Å². The Balaban J connectivity index is 0.000000369. The summed E-state index contributed by atoms with van der Waals surface area (Å²) in [6.07, 6.45) is 8.79. The fourth-order valence-corrected chi connectivity index (χ4v) is 1.32. The Morgan fingerprint density at radius 2 is 1.45 bits per heavy atom. The predicted octanol–water partition coefficient (Wildman–Crippen LogP) is 4.25. The molecular formula is C16H31BO3. The van der Waals surface area contributed by atoms with E-state index in [9.17, 15) is 0 Å². The van der Waals surface area contributed by atoms with Crippen molar-refractivity contribution in [3.05, 3.63) is 25.3 Å². The van der Waals surface area contributed by atoms with Gasteiger partial charge in [-0.15, -0.1) is 13.2 Å². The van der Waals surface area contributed by atoms with E-state index in [1.165, 1.54) is 19.3 Å². The van der Waals surface area contributed by atoms with E-state index < -0.39 is 0 Å². The van der Waals surface area contributed by atoms with Crippen molar-refractivity contribution in [3.8, 4) is 0 Å². The van der Waals surface area contributed by atoms with Crippen LogP contribution < -0.4 is 0 Å². The van der Waals surface area contributed by atoms with Crippen LogP contribution in [0.3, 0.4) is 0 Å². The zero-order chi connectivity index (χ0) is 15.6. The fourth-order valence-electron chi connectivity index (χ4n) is 1.32. The molecule has 2 rings (SSSR count). The van der Waals surface area contributed by atoms with Crippen molar-refractivity contribution in [2.24, 2.45) is 0 Å². The van der Waals surface area contributed by atoms with Crippen molar-refractivity contribution in [2.75, 3.05) is 13.7 Å². The second kappa shape index (κ2) is 9.38. The zero-order valence-corrected chi connectivity index (χ0v) is 13.9. The van der Waals surface area contributed by atoms with E-state index in [1.54, 1.807) is 13.2 Å². The third kappa shape index (κ3) is 7.88. The van der Waals surface area contributed by atoms with E-state index in [1.807, 2.05) is 6.08 Å². The lowest BCUT2D eigenvalue weighted by Crippen LogP contribution is -2.41. The smallest absolute Gasteiger partial charge is 0.403 e. The summed E-state index contributed by atoms with van der Waals surface area (Å²) in [5.74, 6) is 0. The Bertz CT molecular complexity index is 267. The third-order valence-electron chi connectivity index (χ3n) is 3.30. The highest BCUT2D eigenvalue weighted by Gasteiger charge is 2.50. The van der Waals surface area contributed by atoms with Gasteiger partial charge in [-0.25, -0.2) is 0 Å². The quantitative estimate of drug-likeness (QED) is 0.569. The van der Waals surface area contributed by atoms with Crippen LogP contribution in [0.15, 0.2) is 25.3 Å². The van der Waals surface area contributed by atoms with Crippen LogP contribution in [0.25, 0.3) is 0 Å². The van der Waals surface area contributed by atoms with Gasteiger partial charge in [-0.2, -0.15) is 0 Å². The van der Waals surface area contributed by atoms with Crippen molar-refractivity contribution < 1.29 is 14.0 Å². The molecule has 1 aliphatic carbocycles. The molecule has 0 aromatic heterocycles. The Kier molecular flexibility index (Phi) is 9.11. The molecule has 2 fully saturated rings. The van der Waals surface area contributed by atoms with Crippen molar-refractivity contribution in [1.82, 2.24) is 0 Å². The molecule has 0 amide bonds. The van der Waals surface area contributed by atoms with Gasteiger partial charge < -0.3 is 14.0 Å². The van der Waals surface area contributed by atoms with Crippen molar-refractivity contribution in [3.63, 3.8) is 0 Å². The van der Waals surface area contributed by atoms with Gasteiger partial charge >= 0.3 is 7.12 Å². The van der Waals surface area contributed by atoms with E-state index in [2.05, 4.69) is 45.6 Å². The first-order valence-corrected chi connectivity index (χ1v) is 7.37. The van der Waals surface area contributed by atoms with Crippen molar-refractivity contribution in [2.45, 2.75) is 64.5 Å². The molecule has 0 aromatic carbocycles. The monoisotopic (exact) mass is 282 g/mol. The summed E-state index contributed by atoms with van der Waals surface area (Å²) in [6.45, 7) is 15.9. The molecule has 3 nitrogen and oxygen atoms in total. The molecular weight excluding hydrogens is 251 g/mol. The van der Waals surface area contributed by atoms with E-state index >= 15 is 0 Å². The Hall–Kier alpha value is -0.575. The molecule has 0 atom stereocenters. The molecule has 0 spiro atoms. The average molecular weight is 282 g/mol. The first-order valence-electron chi connectivity index (χ1n) is 7.37. The predicted molar refractivity (Wildman–Crippen MR) is 87.0 cm³/mol. The van der Waals surface area contributed by atoms with Crippen LogP contribution in [0.1, 0.15) is 47.0 Å². The van der Waals surface area contributed by atoms with Crippen LogP contribution in [0.2, 0.25) is 6.32 Å². The van der Waals surface area contributed by atoms with Crippen LogP contribution >= 0.6 is 0 Å². The summed E-state index contributed by atoms with van der Waals surface area (Å²) in [6, 6.07) is 0. The minimum Gasteiger partial charge on any atom is -0.403 e. The van der Waals surface area contributed by atoms with Crippen LogP contribution in [0, 0.1) is 0 Å². The molecule has 2 aliphatic rings. The number of hydrogen-bond acceptors (Lipinski definition) is 3. The minimum absolute atomic E-state index is 0.118. The molecule has 1 saturated carbocycles. The van der Waals surface area contributed by atoms with Crippen molar-refractivity contribution >= 4 is 7.12 Å². The maximum atomic E-state index is 5.71. The van der Waals surface area contributed by atoms with Crippen LogP contribution in [0.5, 0.6) is 0 Å². The summed E-state index contributed by atoms with van der Waals surface area (Å²) >= 11 is 0.